The summed E-state index contributed by atoms with van der Waals surface area (Å²) < 4.78 is 10.7. The molecule has 0 aromatic heterocycles. The number of carbonyl (C=O) groups excluding carboxylic acids is 1. The molecular formula is C15H23NO3. The van der Waals surface area contributed by atoms with Gasteiger partial charge in [0.2, 0.25) is 0 Å². The normalized spacial score (nSPS) is 20.4. The highest BCUT2D eigenvalue weighted by Crippen LogP contribution is 2.34. The van der Waals surface area contributed by atoms with E-state index in [1.165, 1.54) is 25.5 Å². The minimum Gasteiger partial charge on any atom is -0.495 e. The van der Waals surface area contributed by atoms with Crippen LogP contribution in [0.5, 0.6) is 0 Å². The predicted molar refractivity (Wildman–Crippen MR) is 73.4 cm³/mol. The highest BCUT2D eigenvalue weighted by Gasteiger charge is 2.34. The van der Waals surface area contributed by atoms with Gasteiger partial charge in [0.25, 0.3) is 0 Å². The third-order valence-corrected chi connectivity index (χ3v) is 3.89. The fourth-order valence-corrected chi connectivity index (χ4v) is 2.74. The molecule has 0 bridgehead atoms. The second kappa shape index (κ2) is 6.13. The number of alkyl carbamates (subject to hydrolysis) is 1. The smallest absolute Gasteiger partial charge is 0.412 e. The number of amides is 1. The lowest BCUT2D eigenvalue weighted by molar-refractivity contribution is -0.0173. The molecule has 1 aliphatic carbocycles. The molecule has 1 N–H and O–H groups in total. The molecule has 0 saturated heterocycles. The van der Waals surface area contributed by atoms with Gasteiger partial charge in [-0.1, -0.05) is 19.3 Å². The summed E-state index contributed by atoms with van der Waals surface area (Å²) in [6, 6.07) is 0. The molecule has 0 spiro atoms. The molecule has 19 heavy (non-hydrogen) atoms. The lowest BCUT2D eigenvalue weighted by Crippen LogP contribution is -2.41. The lowest BCUT2D eigenvalue weighted by Gasteiger charge is -2.36. The van der Waals surface area contributed by atoms with Crippen molar-refractivity contribution < 1.29 is 14.3 Å². The lowest BCUT2D eigenvalue weighted by atomic mass is 9.79. The molecule has 2 rings (SSSR count). The molecule has 0 atom stereocenters. The molecule has 0 radical (unpaired) electrons. The summed E-state index contributed by atoms with van der Waals surface area (Å²) in [7, 11) is 0. The Balaban J connectivity index is 1.86. The van der Waals surface area contributed by atoms with Crippen LogP contribution in [0.15, 0.2) is 24.1 Å². The Hall–Kier alpha value is -1.45. The molecule has 0 aromatic carbocycles. The van der Waals surface area contributed by atoms with Crippen LogP contribution >= 0.6 is 0 Å². The maximum absolute atomic E-state index is 11.9. The van der Waals surface area contributed by atoms with Crippen molar-refractivity contribution in [3.63, 3.8) is 0 Å². The van der Waals surface area contributed by atoms with E-state index in [0.29, 0.717) is 18.2 Å². The first-order valence-corrected chi connectivity index (χ1v) is 7.06. The second-order valence-electron chi connectivity index (χ2n) is 5.76. The van der Waals surface area contributed by atoms with Gasteiger partial charge in [0, 0.05) is 0 Å². The summed E-state index contributed by atoms with van der Waals surface area (Å²) in [5, 5.41) is 2.70. The third kappa shape index (κ3) is 4.01. The molecule has 1 amide bonds. The fraction of sp³-hybridized carbons (Fsp3) is 0.667. The number of hydrogen-bond acceptors (Lipinski definition) is 3. The van der Waals surface area contributed by atoms with Crippen LogP contribution in [0.25, 0.3) is 0 Å². The van der Waals surface area contributed by atoms with Crippen molar-refractivity contribution in [3.05, 3.63) is 24.1 Å². The van der Waals surface area contributed by atoms with Crippen molar-refractivity contribution in [1.29, 1.82) is 0 Å². The Morgan fingerprint density at radius 1 is 1.37 bits per heavy atom. The molecule has 2 aliphatic rings. The zero-order valence-corrected chi connectivity index (χ0v) is 11.8. The Kier molecular flexibility index (Phi) is 4.51. The Bertz CT molecular complexity index is 379. The van der Waals surface area contributed by atoms with Crippen LogP contribution in [0.1, 0.15) is 46.0 Å². The average molecular weight is 265 g/mol. The van der Waals surface area contributed by atoms with E-state index < -0.39 is 11.7 Å². The van der Waals surface area contributed by atoms with Crippen LogP contribution < -0.4 is 5.32 Å². The first-order chi connectivity index (χ1) is 9.08. The second-order valence-corrected chi connectivity index (χ2v) is 5.76. The molecular weight excluding hydrogens is 242 g/mol. The van der Waals surface area contributed by atoms with Crippen molar-refractivity contribution in [1.82, 2.24) is 5.32 Å². The monoisotopic (exact) mass is 265 g/mol. The van der Waals surface area contributed by atoms with Crippen LogP contribution in [0.3, 0.4) is 0 Å². The van der Waals surface area contributed by atoms with Gasteiger partial charge in [0.15, 0.2) is 0 Å². The third-order valence-electron chi connectivity index (χ3n) is 3.89. The number of ether oxygens (including phenoxy) is 2. The van der Waals surface area contributed by atoms with Crippen LogP contribution in [0, 0.1) is 5.92 Å². The summed E-state index contributed by atoms with van der Waals surface area (Å²) in [5.74, 6) is 0.458. The summed E-state index contributed by atoms with van der Waals surface area (Å²) in [6.07, 6.45) is 10.9. The number of nitrogens with one attached hydrogen (secondary N) is 1. The van der Waals surface area contributed by atoms with E-state index in [9.17, 15) is 4.79 Å². The van der Waals surface area contributed by atoms with Crippen molar-refractivity contribution in [2.45, 2.75) is 51.6 Å². The van der Waals surface area contributed by atoms with Crippen molar-refractivity contribution in [2.75, 3.05) is 6.61 Å². The first kappa shape index (κ1) is 14.0. The Morgan fingerprint density at radius 2 is 2.11 bits per heavy atom. The van der Waals surface area contributed by atoms with Gasteiger partial charge in [-0.15, -0.1) is 0 Å². The zero-order valence-electron chi connectivity index (χ0n) is 11.8. The maximum Gasteiger partial charge on any atom is 0.412 e. The minimum atomic E-state index is -0.412. The molecule has 4 heteroatoms. The molecule has 0 aromatic rings. The van der Waals surface area contributed by atoms with E-state index in [2.05, 4.69) is 5.32 Å². The quantitative estimate of drug-likeness (QED) is 0.849. The molecule has 1 heterocycles. The zero-order chi connectivity index (χ0) is 13.7. The average Bonchev–Trinajstić information content (AvgIpc) is 2.40. The number of carbonyl (C=O) groups is 1. The van der Waals surface area contributed by atoms with E-state index in [-0.39, 0.29) is 0 Å². The maximum atomic E-state index is 11.9. The molecule has 1 fully saturated rings. The summed E-state index contributed by atoms with van der Waals surface area (Å²) >= 11 is 0. The summed E-state index contributed by atoms with van der Waals surface area (Å²) in [5.41, 5.74) is 0.223. The van der Waals surface area contributed by atoms with Crippen LogP contribution in [0.2, 0.25) is 0 Å². The minimum absolute atomic E-state index is 0.406. The summed E-state index contributed by atoms with van der Waals surface area (Å²) in [4.78, 5) is 11.9. The highest BCUT2D eigenvalue weighted by molar-refractivity contribution is 5.70. The molecule has 0 unspecified atom stereocenters. The van der Waals surface area contributed by atoms with Gasteiger partial charge in [-0.2, -0.15) is 0 Å². The van der Waals surface area contributed by atoms with Crippen molar-refractivity contribution in [2.24, 2.45) is 5.92 Å². The van der Waals surface area contributed by atoms with Gasteiger partial charge in [-0.25, -0.2) is 4.79 Å². The van der Waals surface area contributed by atoms with Crippen LogP contribution in [0.4, 0.5) is 4.79 Å². The van der Waals surface area contributed by atoms with Gasteiger partial charge in [-0.05, 0) is 44.8 Å². The largest absolute Gasteiger partial charge is 0.495 e. The molecule has 1 saturated carbocycles. The van der Waals surface area contributed by atoms with E-state index >= 15 is 0 Å². The van der Waals surface area contributed by atoms with Gasteiger partial charge >= 0.3 is 6.09 Å². The number of hydrogen-bond donors (Lipinski definition) is 1. The van der Waals surface area contributed by atoms with Gasteiger partial charge in [0.05, 0.1) is 5.70 Å². The van der Waals surface area contributed by atoms with Crippen molar-refractivity contribution >= 4 is 6.09 Å². The fourth-order valence-electron chi connectivity index (χ4n) is 2.74. The van der Waals surface area contributed by atoms with E-state index in [1.54, 1.807) is 0 Å². The predicted octanol–water partition coefficient (Wildman–Crippen LogP) is 3.50. The molecule has 106 valence electrons. The van der Waals surface area contributed by atoms with Gasteiger partial charge in [0.1, 0.15) is 18.5 Å². The summed E-state index contributed by atoms with van der Waals surface area (Å²) in [6.45, 7) is 4.56. The molecule has 4 nitrogen and oxygen atoms in total. The highest BCUT2D eigenvalue weighted by atomic mass is 16.6. The molecule has 1 aliphatic heterocycles. The SMILES string of the molecule is CC(C)(OC(=O)NC1=COCC=C1)C1CCCCC1. The van der Waals surface area contributed by atoms with E-state index in [4.69, 9.17) is 9.47 Å². The van der Waals surface area contributed by atoms with Gasteiger partial charge in [-0.3, -0.25) is 5.32 Å². The van der Waals surface area contributed by atoms with Gasteiger partial charge < -0.3 is 9.47 Å². The first-order valence-electron chi connectivity index (χ1n) is 7.06. The standard InChI is InChI=1S/C15H23NO3/c1-15(2,12-7-4-3-5-8-12)19-14(17)16-13-9-6-10-18-11-13/h6,9,11-12H,3-5,7-8,10H2,1-2H3,(H,16,17). The van der Waals surface area contributed by atoms with Crippen LogP contribution in [-0.4, -0.2) is 18.3 Å². The topological polar surface area (TPSA) is 47.6 Å². The van der Waals surface area contributed by atoms with E-state index in [0.717, 1.165) is 12.8 Å². The number of rotatable bonds is 3. The Labute approximate surface area is 114 Å². The van der Waals surface area contributed by atoms with Crippen molar-refractivity contribution in [3.8, 4) is 0 Å². The number of allylic oxidation sites excluding steroid dienone is 1. The van der Waals surface area contributed by atoms with E-state index in [1.807, 2.05) is 26.0 Å². The Morgan fingerprint density at radius 3 is 2.74 bits per heavy atom. The van der Waals surface area contributed by atoms with Crippen LogP contribution in [-0.2, 0) is 9.47 Å².